The lowest BCUT2D eigenvalue weighted by atomic mass is 10.2. The molecule has 5 heteroatoms. The van der Waals surface area contributed by atoms with Crippen molar-refractivity contribution in [2.24, 2.45) is 5.92 Å². The molecule has 20 heavy (non-hydrogen) atoms. The van der Waals surface area contributed by atoms with E-state index in [1.807, 2.05) is 25.1 Å². The van der Waals surface area contributed by atoms with Gasteiger partial charge < -0.3 is 14.5 Å². The van der Waals surface area contributed by atoms with E-state index in [2.05, 4.69) is 10.3 Å². The van der Waals surface area contributed by atoms with Crippen molar-refractivity contribution < 1.29 is 13.9 Å². The van der Waals surface area contributed by atoms with Gasteiger partial charge in [-0.25, -0.2) is 4.98 Å². The number of amides is 1. The second-order valence-electron chi connectivity index (χ2n) is 4.96. The summed E-state index contributed by atoms with van der Waals surface area (Å²) in [6.07, 6.45) is 2.45. The number of ether oxygens (including phenoxy) is 1. The summed E-state index contributed by atoms with van der Waals surface area (Å²) < 4.78 is 10.5. The number of aromatic nitrogens is 1. The molecular weight excluding hydrogens is 256 g/mol. The lowest BCUT2D eigenvalue weighted by molar-refractivity contribution is -0.117. The molecule has 1 aliphatic carbocycles. The molecule has 2 heterocycles. The number of anilines is 1. The van der Waals surface area contributed by atoms with Crippen molar-refractivity contribution >= 4 is 11.7 Å². The quantitative estimate of drug-likeness (QED) is 0.929. The number of hydrogen-bond acceptors (Lipinski definition) is 4. The lowest BCUT2D eigenvalue weighted by Gasteiger charge is -2.09. The number of carbonyl (C=O) groups excluding carboxylic acids is 1. The van der Waals surface area contributed by atoms with Gasteiger partial charge in [0.15, 0.2) is 11.6 Å². The minimum Gasteiger partial charge on any atom is -0.493 e. The van der Waals surface area contributed by atoms with Crippen molar-refractivity contribution in [1.82, 2.24) is 4.98 Å². The predicted octanol–water partition coefficient (Wildman–Crippen LogP) is 2.73. The van der Waals surface area contributed by atoms with Crippen LogP contribution in [0.3, 0.4) is 0 Å². The molecule has 0 spiro atoms. The van der Waals surface area contributed by atoms with Crippen LogP contribution in [0.4, 0.5) is 5.82 Å². The molecule has 1 N–H and O–H groups in total. The number of methoxy groups -OCH3 is 1. The topological polar surface area (TPSA) is 64.4 Å². The van der Waals surface area contributed by atoms with Crippen LogP contribution in [-0.4, -0.2) is 18.0 Å². The largest absolute Gasteiger partial charge is 0.493 e. The summed E-state index contributed by atoms with van der Waals surface area (Å²) in [5.41, 5.74) is 0.833. The fourth-order valence-electron chi connectivity index (χ4n) is 2.31. The van der Waals surface area contributed by atoms with E-state index in [-0.39, 0.29) is 17.7 Å². The van der Waals surface area contributed by atoms with Crippen LogP contribution in [0.15, 0.2) is 34.9 Å². The Labute approximate surface area is 117 Å². The van der Waals surface area contributed by atoms with Gasteiger partial charge in [0.2, 0.25) is 5.91 Å². The van der Waals surface area contributed by atoms with Crippen molar-refractivity contribution in [2.75, 3.05) is 12.4 Å². The van der Waals surface area contributed by atoms with Gasteiger partial charge in [0, 0.05) is 17.5 Å². The van der Waals surface area contributed by atoms with Crippen molar-refractivity contribution in [3.63, 3.8) is 0 Å². The van der Waals surface area contributed by atoms with E-state index in [0.717, 1.165) is 17.9 Å². The smallest absolute Gasteiger partial charge is 0.229 e. The third-order valence-corrected chi connectivity index (χ3v) is 3.49. The van der Waals surface area contributed by atoms with E-state index in [9.17, 15) is 4.79 Å². The third-order valence-electron chi connectivity index (χ3n) is 3.49. The number of pyridine rings is 1. The second kappa shape index (κ2) is 5.00. The van der Waals surface area contributed by atoms with Gasteiger partial charge in [-0.3, -0.25) is 4.79 Å². The number of aryl methyl sites for hydroxylation is 1. The zero-order chi connectivity index (χ0) is 14.1. The van der Waals surface area contributed by atoms with Crippen LogP contribution in [0.2, 0.25) is 0 Å². The van der Waals surface area contributed by atoms with Crippen LogP contribution in [0.5, 0.6) is 5.75 Å². The zero-order valence-corrected chi connectivity index (χ0v) is 11.4. The number of hydrogen-bond donors (Lipinski definition) is 1. The maximum atomic E-state index is 12.2. The number of nitrogens with one attached hydrogen (secondary N) is 1. The van der Waals surface area contributed by atoms with E-state index in [1.165, 1.54) is 0 Å². The van der Waals surface area contributed by atoms with Crippen LogP contribution in [0.1, 0.15) is 23.8 Å². The molecule has 2 aromatic heterocycles. The summed E-state index contributed by atoms with van der Waals surface area (Å²) in [4.78, 5) is 16.5. The number of nitrogens with zero attached hydrogens (tertiary/aromatic N) is 1. The predicted molar refractivity (Wildman–Crippen MR) is 73.7 cm³/mol. The van der Waals surface area contributed by atoms with E-state index in [0.29, 0.717) is 11.6 Å². The first kappa shape index (κ1) is 12.7. The molecular formula is C15H16N2O3. The molecule has 2 aromatic rings. The monoisotopic (exact) mass is 272 g/mol. The zero-order valence-electron chi connectivity index (χ0n) is 11.4. The standard InChI is InChI=1S/C15H16N2O3/c1-9-5-6-13(19-2)14(16-9)17-15(18)11-8-10(11)12-4-3-7-20-12/h3-7,10-11H,8H2,1-2H3,(H,16,17,18)/t10-,11-/m0/s1. The maximum Gasteiger partial charge on any atom is 0.229 e. The minimum absolute atomic E-state index is 0.0391. The van der Waals surface area contributed by atoms with Crippen molar-refractivity contribution in [1.29, 1.82) is 0 Å². The summed E-state index contributed by atoms with van der Waals surface area (Å²) >= 11 is 0. The van der Waals surface area contributed by atoms with Gasteiger partial charge in [0.05, 0.1) is 13.4 Å². The van der Waals surface area contributed by atoms with Crippen LogP contribution in [-0.2, 0) is 4.79 Å². The van der Waals surface area contributed by atoms with E-state index in [4.69, 9.17) is 9.15 Å². The first-order valence-electron chi connectivity index (χ1n) is 6.55. The molecule has 5 nitrogen and oxygen atoms in total. The van der Waals surface area contributed by atoms with Crippen LogP contribution in [0, 0.1) is 12.8 Å². The highest BCUT2D eigenvalue weighted by molar-refractivity contribution is 5.95. The summed E-state index contributed by atoms with van der Waals surface area (Å²) in [6, 6.07) is 7.39. The highest BCUT2D eigenvalue weighted by Crippen LogP contribution is 2.48. The SMILES string of the molecule is COc1ccc(C)nc1NC(=O)[C@H]1C[C@@H]1c1ccco1. The van der Waals surface area contributed by atoms with Crippen LogP contribution >= 0.6 is 0 Å². The first-order chi connectivity index (χ1) is 9.69. The highest BCUT2D eigenvalue weighted by Gasteiger charge is 2.46. The van der Waals surface area contributed by atoms with Gasteiger partial charge in [-0.15, -0.1) is 0 Å². The van der Waals surface area contributed by atoms with Gasteiger partial charge in [0.25, 0.3) is 0 Å². The molecule has 0 radical (unpaired) electrons. The highest BCUT2D eigenvalue weighted by atomic mass is 16.5. The molecule has 3 rings (SSSR count). The van der Waals surface area contributed by atoms with E-state index >= 15 is 0 Å². The minimum atomic E-state index is -0.0480. The fraction of sp³-hybridized carbons (Fsp3) is 0.333. The van der Waals surface area contributed by atoms with E-state index < -0.39 is 0 Å². The van der Waals surface area contributed by atoms with Gasteiger partial charge in [0.1, 0.15) is 5.76 Å². The Bertz CT molecular complexity index is 622. The number of rotatable bonds is 4. The Morgan fingerprint density at radius 1 is 1.45 bits per heavy atom. The Hall–Kier alpha value is -2.30. The number of furan rings is 1. The second-order valence-corrected chi connectivity index (χ2v) is 4.96. The molecule has 0 aromatic carbocycles. The van der Waals surface area contributed by atoms with Crippen LogP contribution in [0.25, 0.3) is 0 Å². The molecule has 0 bridgehead atoms. The van der Waals surface area contributed by atoms with Gasteiger partial charge in [-0.1, -0.05) is 0 Å². The van der Waals surface area contributed by atoms with Gasteiger partial charge >= 0.3 is 0 Å². The van der Waals surface area contributed by atoms with Crippen molar-refractivity contribution in [3.8, 4) is 5.75 Å². The Balaban J connectivity index is 1.70. The average Bonchev–Trinajstić information content (AvgIpc) is 3.05. The fourth-order valence-corrected chi connectivity index (χ4v) is 2.31. The Morgan fingerprint density at radius 2 is 2.30 bits per heavy atom. The third kappa shape index (κ3) is 2.39. The molecule has 2 atom stereocenters. The first-order valence-corrected chi connectivity index (χ1v) is 6.55. The Kier molecular flexibility index (Phi) is 3.18. The van der Waals surface area contributed by atoms with Gasteiger partial charge in [-0.05, 0) is 37.6 Å². The molecule has 0 unspecified atom stereocenters. The molecule has 0 saturated heterocycles. The van der Waals surface area contributed by atoms with Crippen molar-refractivity contribution in [3.05, 3.63) is 42.0 Å². The molecule has 1 saturated carbocycles. The number of carbonyl (C=O) groups is 1. The average molecular weight is 272 g/mol. The molecule has 1 aliphatic rings. The summed E-state index contributed by atoms with van der Waals surface area (Å²) in [5.74, 6) is 2.01. The van der Waals surface area contributed by atoms with Gasteiger partial charge in [-0.2, -0.15) is 0 Å². The molecule has 104 valence electrons. The Morgan fingerprint density at radius 3 is 3.00 bits per heavy atom. The summed E-state index contributed by atoms with van der Waals surface area (Å²) in [7, 11) is 1.56. The maximum absolute atomic E-state index is 12.2. The molecule has 1 amide bonds. The molecule has 0 aliphatic heterocycles. The van der Waals surface area contributed by atoms with E-state index in [1.54, 1.807) is 19.4 Å². The molecule has 1 fully saturated rings. The summed E-state index contributed by atoms with van der Waals surface area (Å²) in [6.45, 7) is 1.87. The van der Waals surface area contributed by atoms with Crippen molar-refractivity contribution in [2.45, 2.75) is 19.3 Å². The summed E-state index contributed by atoms with van der Waals surface area (Å²) in [5, 5.41) is 2.84. The normalized spacial score (nSPS) is 20.5. The van der Waals surface area contributed by atoms with Crippen LogP contribution < -0.4 is 10.1 Å². The lowest BCUT2D eigenvalue weighted by Crippen LogP contribution is -2.16.